The molecule has 2 aliphatic heterocycles. The standard InChI is InChI=1S/C24H24N4O6S/c1-14(3-4-15-5-10-18-19(11-15)34-13-33-18)27-28-24-26-21(29)12-20(35-24)22(30)25-17-8-6-16(7-9-17)23(31)32-2/h5-11,20H,3-4,12-13H2,1-2H3,(H,25,30)(H,26,28,29). The van der Waals surface area contributed by atoms with Gasteiger partial charge in [-0.25, -0.2) is 4.79 Å². The van der Waals surface area contributed by atoms with Gasteiger partial charge in [-0.15, -0.1) is 5.10 Å². The van der Waals surface area contributed by atoms with E-state index in [1.165, 1.54) is 7.11 Å². The van der Waals surface area contributed by atoms with Crippen molar-refractivity contribution in [2.24, 2.45) is 10.2 Å². The van der Waals surface area contributed by atoms with E-state index in [0.717, 1.165) is 41.0 Å². The minimum Gasteiger partial charge on any atom is -0.465 e. The average molecular weight is 497 g/mol. The van der Waals surface area contributed by atoms with E-state index in [1.807, 2.05) is 25.1 Å². The van der Waals surface area contributed by atoms with Crippen LogP contribution in [0.1, 0.15) is 35.7 Å². The van der Waals surface area contributed by atoms with E-state index in [0.29, 0.717) is 17.7 Å². The number of nitrogens with zero attached hydrogens (tertiary/aromatic N) is 2. The predicted octanol–water partition coefficient (Wildman–Crippen LogP) is 3.13. The first-order valence-corrected chi connectivity index (χ1v) is 11.7. The van der Waals surface area contributed by atoms with Crippen LogP contribution >= 0.6 is 11.8 Å². The zero-order valence-electron chi connectivity index (χ0n) is 19.2. The number of anilines is 1. The van der Waals surface area contributed by atoms with Gasteiger partial charge in [-0.05, 0) is 61.7 Å². The molecule has 35 heavy (non-hydrogen) atoms. The number of thioether (sulfide) groups is 1. The van der Waals surface area contributed by atoms with Crippen molar-refractivity contribution >= 4 is 46.1 Å². The lowest BCUT2D eigenvalue weighted by Crippen LogP contribution is -2.41. The van der Waals surface area contributed by atoms with Crippen LogP contribution in [0.15, 0.2) is 52.7 Å². The smallest absolute Gasteiger partial charge is 0.337 e. The molecule has 11 heteroatoms. The summed E-state index contributed by atoms with van der Waals surface area (Å²) in [6, 6.07) is 12.1. The summed E-state index contributed by atoms with van der Waals surface area (Å²) >= 11 is 1.14. The lowest BCUT2D eigenvalue weighted by molar-refractivity contribution is -0.123. The molecule has 0 radical (unpaired) electrons. The second-order valence-corrected chi connectivity index (χ2v) is 9.04. The molecule has 0 bridgehead atoms. The Hall–Kier alpha value is -3.86. The molecular weight excluding hydrogens is 472 g/mol. The van der Waals surface area contributed by atoms with Crippen molar-refractivity contribution in [2.45, 2.75) is 31.4 Å². The van der Waals surface area contributed by atoms with Crippen LogP contribution in [0.4, 0.5) is 5.69 Å². The number of carbonyl (C=O) groups excluding carboxylic acids is 3. The molecule has 2 aromatic carbocycles. The molecule has 182 valence electrons. The topological polar surface area (TPSA) is 128 Å². The molecular formula is C24H24N4O6S. The highest BCUT2D eigenvalue weighted by molar-refractivity contribution is 8.15. The third-order valence-electron chi connectivity index (χ3n) is 5.26. The number of benzene rings is 2. The zero-order valence-corrected chi connectivity index (χ0v) is 20.0. The van der Waals surface area contributed by atoms with Crippen LogP contribution in [-0.2, 0) is 20.7 Å². The quantitative estimate of drug-likeness (QED) is 0.342. The highest BCUT2D eigenvalue weighted by atomic mass is 32.2. The summed E-state index contributed by atoms with van der Waals surface area (Å²) in [6.07, 6.45) is 1.43. The molecule has 2 N–H and O–H groups in total. The van der Waals surface area contributed by atoms with Crippen molar-refractivity contribution in [1.29, 1.82) is 0 Å². The summed E-state index contributed by atoms with van der Waals surface area (Å²) in [5.74, 6) is 0.369. The third-order valence-corrected chi connectivity index (χ3v) is 6.33. The number of amidine groups is 1. The number of methoxy groups -OCH3 is 1. The fraction of sp³-hybridized carbons (Fsp3) is 0.292. The fourth-order valence-corrected chi connectivity index (χ4v) is 4.30. The molecule has 10 nitrogen and oxygen atoms in total. The van der Waals surface area contributed by atoms with Crippen LogP contribution in [0.25, 0.3) is 0 Å². The van der Waals surface area contributed by atoms with E-state index in [4.69, 9.17) is 9.47 Å². The maximum atomic E-state index is 12.7. The zero-order chi connectivity index (χ0) is 24.8. The first kappa shape index (κ1) is 24.3. The van der Waals surface area contributed by atoms with Crippen molar-refractivity contribution in [3.63, 3.8) is 0 Å². The van der Waals surface area contributed by atoms with Crippen molar-refractivity contribution in [1.82, 2.24) is 5.32 Å². The maximum Gasteiger partial charge on any atom is 0.337 e. The lowest BCUT2D eigenvalue weighted by atomic mass is 10.1. The highest BCUT2D eigenvalue weighted by Gasteiger charge is 2.30. The minimum atomic E-state index is -0.660. The third kappa shape index (κ3) is 6.38. The summed E-state index contributed by atoms with van der Waals surface area (Å²) in [5, 5.41) is 13.4. The Morgan fingerprint density at radius 3 is 2.71 bits per heavy atom. The molecule has 1 unspecified atom stereocenters. The molecule has 4 rings (SSSR count). The Balaban J connectivity index is 1.33. The van der Waals surface area contributed by atoms with E-state index in [1.54, 1.807) is 24.3 Å². The molecule has 0 spiro atoms. The first-order chi connectivity index (χ1) is 16.9. The number of rotatable bonds is 7. The summed E-state index contributed by atoms with van der Waals surface area (Å²) in [5.41, 5.74) is 2.75. The largest absolute Gasteiger partial charge is 0.465 e. The van der Waals surface area contributed by atoms with Crippen LogP contribution in [0.3, 0.4) is 0 Å². The van der Waals surface area contributed by atoms with Crippen LogP contribution in [-0.4, -0.2) is 47.8 Å². The summed E-state index contributed by atoms with van der Waals surface area (Å²) in [6.45, 7) is 2.09. The fourth-order valence-electron chi connectivity index (χ4n) is 3.37. The molecule has 2 heterocycles. The SMILES string of the molecule is COC(=O)c1ccc(NC(=O)C2CC(=O)N/C(=N\N=C(C)CCc3ccc4c(c3)OCO4)S2)cc1. The van der Waals surface area contributed by atoms with Crippen molar-refractivity contribution in [3.05, 3.63) is 53.6 Å². The number of esters is 1. The number of hydrogen-bond acceptors (Lipinski definition) is 9. The van der Waals surface area contributed by atoms with E-state index in [2.05, 4.69) is 25.6 Å². The van der Waals surface area contributed by atoms with E-state index < -0.39 is 11.2 Å². The predicted molar refractivity (Wildman–Crippen MR) is 132 cm³/mol. The van der Waals surface area contributed by atoms with Crippen LogP contribution in [0.5, 0.6) is 11.5 Å². The van der Waals surface area contributed by atoms with Gasteiger partial charge in [-0.2, -0.15) is 5.10 Å². The number of fused-ring (bicyclic) bond motifs is 1. The first-order valence-electron chi connectivity index (χ1n) is 10.9. The van der Waals surface area contributed by atoms with Crippen molar-refractivity contribution in [3.8, 4) is 11.5 Å². The number of amides is 2. The van der Waals surface area contributed by atoms with Gasteiger partial charge in [-0.3, -0.25) is 9.59 Å². The normalized spacial score (nSPS) is 18.2. The van der Waals surface area contributed by atoms with Crippen LogP contribution < -0.4 is 20.1 Å². The van der Waals surface area contributed by atoms with Crippen molar-refractivity contribution < 1.29 is 28.6 Å². The molecule has 1 saturated heterocycles. The molecule has 2 aromatic rings. The van der Waals surface area contributed by atoms with Gasteiger partial charge in [0.05, 0.1) is 12.7 Å². The van der Waals surface area contributed by atoms with Gasteiger partial charge in [0.15, 0.2) is 16.7 Å². The van der Waals surface area contributed by atoms with Crippen LogP contribution in [0, 0.1) is 0 Å². The van der Waals surface area contributed by atoms with Crippen molar-refractivity contribution in [2.75, 3.05) is 19.2 Å². The Morgan fingerprint density at radius 2 is 1.94 bits per heavy atom. The van der Waals surface area contributed by atoms with E-state index >= 15 is 0 Å². The van der Waals surface area contributed by atoms with Gasteiger partial charge in [0.2, 0.25) is 18.6 Å². The summed E-state index contributed by atoms with van der Waals surface area (Å²) in [4.78, 5) is 36.4. The highest BCUT2D eigenvalue weighted by Crippen LogP contribution is 2.32. The minimum absolute atomic E-state index is 0.0164. The number of aryl methyl sites for hydroxylation is 1. The molecule has 2 amide bonds. The maximum absolute atomic E-state index is 12.7. The Labute approximate surface area is 206 Å². The molecule has 2 aliphatic rings. The second kappa shape index (κ2) is 11.0. The van der Waals surface area contributed by atoms with E-state index in [-0.39, 0.29) is 30.2 Å². The summed E-state index contributed by atoms with van der Waals surface area (Å²) < 4.78 is 15.4. The van der Waals surface area contributed by atoms with Gasteiger partial charge in [0.25, 0.3) is 0 Å². The second-order valence-electron chi connectivity index (χ2n) is 7.85. The Kier molecular flexibility index (Phi) is 7.66. The molecule has 1 atom stereocenters. The number of carbonyl (C=O) groups is 3. The molecule has 0 aromatic heterocycles. The van der Waals surface area contributed by atoms with Crippen LogP contribution in [0.2, 0.25) is 0 Å². The Morgan fingerprint density at radius 1 is 1.17 bits per heavy atom. The molecule has 0 saturated carbocycles. The molecule has 0 aliphatic carbocycles. The average Bonchev–Trinajstić information content (AvgIpc) is 3.34. The number of nitrogens with one attached hydrogen (secondary N) is 2. The molecule has 1 fully saturated rings. The van der Waals surface area contributed by atoms with Gasteiger partial charge in [-0.1, -0.05) is 17.8 Å². The summed E-state index contributed by atoms with van der Waals surface area (Å²) in [7, 11) is 1.30. The Bertz CT molecular complexity index is 1200. The monoisotopic (exact) mass is 496 g/mol. The van der Waals surface area contributed by atoms with Gasteiger partial charge in [0.1, 0.15) is 5.25 Å². The van der Waals surface area contributed by atoms with Gasteiger partial charge < -0.3 is 24.8 Å². The van der Waals surface area contributed by atoms with Gasteiger partial charge in [0, 0.05) is 17.8 Å². The lowest BCUT2D eigenvalue weighted by Gasteiger charge is -2.21. The number of ether oxygens (including phenoxy) is 3. The number of hydrogen-bond donors (Lipinski definition) is 2. The van der Waals surface area contributed by atoms with E-state index in [9.17, 15) is 14.4 Å². The van der Waals surface area contributed by atoms with Gasteiger partial charge >= 0.3 is 5.97 Å².